The Labute approximate surface area is 212 Å². The van der Waals surface area contributed by atoms with E-state index in [9.17, 15) is 19.5 Å². The fourth-order valence-corrected chi connectivity index (χ4v) is 4.40. The van der Waals surface area contributed by atoms with Gasteiger partial charge in [0, 0.05) is 24.6 Å². The van der Waals surface area contributed by atoms with Crippen molar-refractivity contribution in [2.24, 2.45) is 0 Å². The third-order valence-corrected chi connectivity index (χ3v) is 6.09. The SMILES string of the molecule is CCCCN1C(=O)C(=O)/C(=C(/O)c2ccc(OCC)c(C(C)(C)C)c2)C1c1cccc(OC(C)=O)c1. The summed E-state index contributed by atoms with van der Waals surface area (Å²) >= 11 is 0. The van der Waals surface area contributed by atoms with Crippen LogP contribution in [0.2, 0.25) is 0 Å². The van der Waals surface area contributed by atoms with Crippen LogP contribution in [0.1, 0.15) is 77.1 Å². The molecule has 3 rings (SSSR count). The van der Waals surface area contributed by atoms with E-state index in [0.717, 1.165) is 12.0 Å². The Bertz CT molecular complexity index is 1190. The van der Waals surface area contributed by atoms with Crippen molar-refractivity contribution < 1.29 is 29.0 Å². The van der Waals surface area contributed by atoms with Crippen molar-refractivity contribution in [3.63, 3.8) is 0 Å². The predicted molar refractivity (Wildman–Crippen MR) is 138 cm³/mol. The summed E-state index contributed by atoms with van der Waals surface area (Å²) in [5.74, 6) is -1.11. The van der Waals surface area contributed by atoms with E-state index in [1.807, 2.05) is 40.7 Å². The van der Waals surface area contributed by atoms with E-state index in [4.69, 9.17) is 9.47 Å². The molecule has 1 N–H and O–H groups in total. The Kier molecular flexibility index (Phi) is 8.23. The minimum absolute atomic E-state index is 0.0140. The number of esters is 1. The van der Waals surface area contributed by atoms with Gasteiger partial charge < -0.3 is 19.5 Å². The van der Waals surface area contributed by atoms with E-state index < -0.39 is 23.7 Å². The lowest BCUT2D eigenvalue weighted by atomic mass is 9.84. The normalized spacial score (nSPS) is 17.4. The lowest BCUT2D eigenvalue weighted by Gasteiger charge is -2.26. The first-order valence-corrected chi connectivity index (χ1v) is 12.3. The van der Waals surface area contributed by atoms with Crippen LogP contribution in [-0.2, 0) is 19.8 Å². The van der Waals surface area contributed by atoms with Gasteiger partial charge in [0.1, 0.15) is 17.3 Å². The molecule has 0 bridgehead atoms. The molecule has 2 aromatic rings. The van der Waals surface area contributed by atoms with E-state index >= 15 is 0 Å². The quantitative estimate of drug-likeness (QED) is 0.171. The third kappa shape index (κ3) is 5.61. The van der Waals surface area contributed by atoms with Crippen LogP contribution in [0.25, 0.3) is 5.76 Å². The fourth-order valence-electron chi connectivity index (χ4n) is 4.40. The van der Waals surface area contributed by atoms with Crippen LogP contribution in [0.4, 0.5) is 0 Å². The smallest absolute Gasteiger partial charge is 0.308 e. The number of ether oxygens (including phenoxy) is 2. The van der Waals surface area contributed by atoms with Crippen LogP contribution in [-0.4, -0.2) is 40.8 Å². The van der Waals surface area contributed by atoms with E-state index in [1.165, 1.54) is 11.8 Å². The van der Waals surface area contributed by atoms with Crippen molar-refractivity contribution in [1.82, 2.24) is 4.90 Å². The zero-order valence-corrected chi connectivity index (χ0v) is 21.9. The lowest BCUT2D eigenvalue weighted by molar-refractivity contribution is -0.139. The number of likely N-dealkylation sites (tertiary alicyclic amines) is 1. The number of ketones is 1. The fraction of sp³-hybridized carbons (Fsp3) is 0.414. The number of amides is 1. The molecule has 1 atom stereocenters. The Balaban J connectivity index is 2.21. The maximum Gasteiger partial charge on any atom is 0.308 e. The molecule has 1 aliphatic heterocycles. The molecule has 7 nitrogen and oxygen atoms in total. The molecule has 7 heteroatoms. The van der Waals surface area contributed by atoms with Gasteiger partial charge in [-0.1, -0.05) is 46.2 Å². The minimum atomic E-state index is -0.809. The molecule has 0 radical (unpaired) electrons. The number of aliphatic hydroxyl groups excluding tert-OH is 1. The summed E-state index contributed by atoms with van der Waals surface area (Å²) in [6.07, 6.45) is 1.53. The molecular weight excluding hydrogens is 458 g/mol. The molecule has 1 amide bonds. The number of carbonyl (C=O) groups is 3. The summed E-state index contributed by atoms with van der Waals surface area (Å²) in [6.45, 7) is 12.2. The van der Waals surface area contributed by atoms with Crippen LogP contribution in [0.3, 0.4) is 0 Å². The second-order valence-corrected chi connectivity index (χ2v) is 9.91. The highest BCUT2D eigenvalue weighted by atomic mass is 16.5. The molecule has 1 saturated heterocycles. The second-order valence-electron chi connectivity index (χ2n) is 9.91. The summed E-state index contributed by atoms with van der Waals surface area (Å²) in [5.41, 5.74) is 1.61. The summed E-state index contributed by atoms with van der Waals surface area (Å²) in [4.78, 5) is 39.4. The average Bonchev–Trinajstić information content (AvgIpc) is 3.06. The molecule has 0 aromatic heterocycles. The third-order valence-electron chi connectivity index (χ3n) is 6.09. The van der Waals surface area contributed by atoms with E-state index in [2.05, 4.69) is 0 Å². The summed E-state index contributed by atoms with van der Waals surface area (Å²) in [7, 11) is 0. The highest BCUT2D eigenvalue weighted by Crippen LogP contribution is 2.41. The Morgan fingerprint density at radius 2 is 1.81 bits per heavy atom. The van der Waals surface area contributed by atoms with Crippen molar-refractivity contribution in [2.45, 2.75) is 65.8 Å². The van der Waals surface area contributed by atoms with Gasteiger partial charge in [-0.05, 0) is 54.7 Å². The van der Waals surface area contributed by atoms with Crippen molar-refractivity contribution in [3.05, 3.63) is 64.7 Å². The van der Waals surface area contributed by atoms with Gasteiger partial charge in [0.05, 0.1) is 18.2 Å². The van der Waals surface area contributed by atoms with E-state index in [0.29, 0.717) is 42.2 Å². The number of rotatable bonds is 8. The largest absolute Gasteiger partial charge is 0.507 e. The minimum Gasteiger partial charge on any atom is -0.507 e. The Morgan fingerprint density at radius 1 is 1.08 bits per heavy atom. The molecule has 1 unspecified atom stereocenters. The molecule has 36 heavy (non-hydrogen) atoms. The van der Waals surface area contributed by atoms with Gasteiger partial charge in [-0.2, -0.15) is 0 Å². The highest BCUT2D eigenvalue weighted by molar-refractivity contribution is 6.46. The summed E-state index contributed by atoms with van der Waals surface area (Å²) < 4.78 is 11.0. The van der Waals surface area contributed by atoms with Crippen LogP contribution in [0.5, 0.6) is 11.5 Å². The number of hydrogen-bond donors (Lipinski definition) is 1. The van der Waals surface area contributed by atoms with E-state index in [1.54, 1.807) is 36.4 Å². The van der Waals surface area contributed by atoms with Crippen LogP contribution in [0.15, 0.2) is 48.0 Å². The topological polar surface area (TPSA) is 93.1 Å². The first kappa shape index (κ1) is 27.0. The summed E-state index contributed by atoms with van der Waals surface area (Å²) in [5, 5.41) is 11.5. The van der Waals surface area contributed by atoms with Crippen LogP contribution < -0.4 is 9.47 Å². The van der Waals surface area contributed by atoms with Gasteiger partial charge >= 0.3 is 5.97 Å². The molecule has 2 aromatic carbocycles. The number of hydrogen-bond acceptors (Lipinski definition) is 6. The van der Waals surface area contributed by atoms with Crippen molar-refractivity contribution in [3.8, 4) is 11.5 Å². The molecule has 1 heterocycles. The zero-order chi connectivity index (χ0) is 26.6. The van der Waals surface area contributed by atoms with Gasteiger partial charge in [0.15, 0.2) is 0 Å². The molecular formula is C29H35NO6. The molecule has 192 valence electrons. The number of carbonyl (C=O) groups excluding carboxylic acids is 3. The first-order chi connectivity index (χ1) is 17.0. The number of benzene rings is 2. The monoisotopic (exact) mass is 493 g/mol. The summed E-state index contributed by atoms with van der Waals surface area (Å²) in [6, 6.07) is 11.2. The maximum atomic E-state index is 13.3. The molecule has 1 aliphatic rings. The molecule has 0 aliphatic carbocycles. The first-order valence-electron chi connectivity index (χ1n) is 12.3. The van der Waals surface area contributed by atoms with E-state index in [-0.39, 0.29) is 16.7 Å². The van der Waals surface area contributed by atoms with Gasteiger partial charge in [0.25, 0.3) is 11.7 Å². The standard InChI is InChI=1S/C29H35NO6/c1-7-9-15-30-25(19-11-10-12-21(16-19)36-18(3)31)24(27(33)28(30)34)26(32)20-13-14-23(35-8-2)22(17-20)29(4,5)6/h10-14,16-17,25,32H,7-9,15H2,1-6H3/b26-24+. The zero-order valence-electron chi connectivity index (χ0n) is 21.9. The van der Waals surface area contributed by atoms with Crippen molar-refractivity contribution in [1.29, 1.82) is 0 Å². The molecule has 1 fully saturated rings. The number of unbranched alkanes of at least 4 members (excludes halogenated alkanes) is 1. The average molecular weight is 494 g/mol. The molecule has 0 saturated carbocycles. The van der Waals surface area contributed by atoms with Crippen LogP contribution in [0, 0.1) is 0 Å². The Morgan fingerprint density at radius 3 is 2.42 bits per heavy atom. The molecule has 0 spiro atoms. The number of nitrogens with zero attached hydrogens (tertiary/aromatic N) is 1. The van der Waals surface area contributed by atoms with Gasteiger partial charge in [0.2, 0.25) is 0 Å². The van der Waals surface area contributed by atoms with Crippen LogP contribution >= 0.6 is 0 Å². The Hall–Kier alpha value is -3.61. The van der Waals surface area contributed by atoms with Crippen molar-refractivity contribution >= 4 is 23.4 Å². The maximum absolute atomic E-state index is 13.3. The van der Waals surface area contributed by atoms with Gasteiger partial charge in [-0.15, -0.1) is 0 Å². The van der Waals surface area contributed by atoms with Gasteiger partial charge in [-0.25, -0.2) is 0 Å². The lowest BCUT2D eigenvalue weighted by Crippen LogP contribution is -2.30. The van der Waals surface area contributed by atoms with Crippen molar-refractivity contribution in [2.75, 3.05) is 13.2 Å². The van der Waals surface area contributed by atoms with Gasteiger partial charge in [-0.3, -0.25) is 14.4 Å². The number of Topliss-reactive ketones (excluding diaryl/α,β-unsaturated/α-hetero) is 1. The number of aliphatic hydroxyl groups is 1. The second kappa shape index (κ2) is 11.0. The highest BCUT2D eigenvalue weighted by Gasteiger charge is 2.46. The predicted octanol–water partition coefficient (Wildman–Crippen LogP) is 5.53.